The van der Waals surface area contributed by atoms with E-state index in [9.17, 15) is 8.78 Å². The van der Waals surface area contributed by atoms with E-state index in [1.165, 1.54) is 0 Å². The third-order valence-corrected chi connectivity index (χ3v) is 1.86. The van der Waals surface area contributed by atoms with Gasteiger partial charge in [-0.25, -0.2) is 13.8 Å². The number of nitrogens with one attached hydrogen (secondary N) is 1. The van der Waals surface area contributed by atoms with Crippen molar-refractivity contribution in [3.63, 3.8) is 0 Å². The Morgan fingerprint density at radius 1 is 1.44 bits per heavy atom. The van der Waals surface area contributed by atoms with Crippen LogP contribution in [0.15, 0.2) is 23.2 Å². The van der Waals surface area contributed by atoms with Crippen molar-refractivity contribution in [2.75, 3.05) is 0 Å². The number of guanidine groups is 1. The topological polar surface area (TPSA) is 50.4 Å². The molecule has 0 aliphatic heterocycles. The smallest absolute Gasteiger partial charge is 0.189 e. The van der Waals surface area contributed by atoms with Crippen molar-refractivity contribution < 1.29 is 8.78 Å². The number of benzene rings is 1. The molecule has 0 saturated heterocycles. The number of halogens is 2. The SMILES string of the molecule is CC(C)NC(N)=NCc1cc(F)ccc1F. The van der Waals surface area contributed by atoms with Crippen LogP contribution in [0.25, 0.3) is 0 Å². The maximum Gasteiger partial charge on any atom is 0.189 e. The Balaban J connectivity index is 2.70. The van der Waals surface area contributed by atoms with Crippen molar-refractivity contribution in [1.82, 2.24) is 5.32 Å². The molecule has 88 valence electrons. The Bertz CT molecular complexity index is 389. The molecule has 0 bridgehead atoms. The van der Waals surface area contributed by atoms with E-state index in [1.807, 2.05) is 13.8 Å². The zero-order chi connectivity index (χ0) is 12.1. The maximum absolute atomic E-state index is 13.2. The predicted octanol–water partition coefficient (Wildman–Crippen LogP) is 1.78. The van der Waals surface area contributed by atoms with E-state index >= 15 is 0 Å². The zero-order valence-electron chi connectivity index (χ0n) is 9.30. The number of nitrogens with two attached hydrogens (primary N) is 1. The molecule has 3 N–H and O–H groups in total. The largest absolute Gasteiger partial charge is 0.370 e. The van der Waals surface area contributed by atoms with Gasteiger partial charge in [0.2, 0.25) is 0 Å². The average Bonchev–Trinajstić information content (AvgIpc) is 2.18. The second-order valence-corrected chi connectivity index (χ2v) is 3.74. The van der Waals surface area contributed by atoms with Crippen molar-refractivity contribution >= 4 is 5.96 Å². The molecule has 0 spiro atoms. The highest BCUT2D eigenvalue weighted by molar-refractivity contribution is 5.78. The van der Waals surface area contributed by atoms with Crippen LogP contribution in [0.4, 0.5) is 8.78 Å². The summed E-state index contributed by atoms with van der Waals surface area (Å²) in [4.78, 5) is 3.91. The molecule has 0 radical (unpaired) electrons. The molecule has 1 rings (SSSR count). The lowest BCUT2D eigenvalue weighted by molar-refractivity contribution is 0.585. The van der Waals surface area contributed by atoms with Gasteiger partial charge < -0.3 is 11.1 Å². The second-order valence-electron chi connectivity index (χ2n) is 3.74. The third kappa shape index (κ3) is 3.84. The van der Waals surface area contributed by atoms with E-state index in [0.29, 0.717) is 0 Å². The zero-order valence-corrected chi connectivity index (χ0v) is 9.30. The average molecular weight is 227 g/mol. The van der Waals surface area contributed by atoms with Gasteiger partial charge in [-0.3, -0.25) is 0 Å². The molecule has 0 saturated carbocycles. The Morgan fingerprint density at radius 2 is 2.12 bits per heavy atom. The molecule has 0 aliphatic carbocycles. The van der Waals surface area contributed by atoms with Gasteiger partial charge in [-0.15, -0.1) is 0 Å². The summed E-state index contributed by atoms with van der Waals surface area (Å²) in [7, 11) is 0. The van der Waals surface area contributed by atoms with Gasteiger partial charge in [0.15, 0.2) is 5.96 Å². The van der Waals surface area contributed by atoms with Crippen LogP contribution in [0.5, 0.6) is 0 Å². The highest BCUT2D eigenvalue weighted by Gasteiger charge is 2.03. The lowest BCUT2D eigenvalue weighted by Crippen LogP contribution is -2.36. The molecule has 0 atom stereocenters. The summed E-state index contributed by atoms with van der Waals surface area (Å²) in [5.74, 6) is -0.747. The quantitative estimate of drug-likeness (QED) is 0.611. The summed E-state index contributed by atoms with van der Waals surface area (Å²) in [5.41, 5.74) is 5.72. The van der Waals surface area contributed by atoms with Crippen LogP contribution in [-0.2, 0) is 6.54 Å². The molecule has 16 heavy (non-hydrogen) atoms. The summed E-state index contributed by atoms with van der Waals surface area (Å²) in [6.07, 6.45) is 0. The molecule has 3 nitrogen and oxygen atoms in total. The molecular formula is C11H15F2N3. The van der Waals surface area contributed by atoms with Gasteiger partial charge in [0.25, 0.3) is 0 Å². The summed E-state index contributed by atoms with van der Waals surface area (Å²) in [6.45, 7) is 3.84. The Morgan fingerprint density at radius 3 is 2.75 bits per heavy atom. The van der Waals surface area contributed by atoms with Crippen LogP contribution in [0.1, 0.15) is 19.4 Å². The van der Waals surface area contributed by atoms with E-state index < -0.39 is 11.6 Å². The van der Waals surface area contributed by atoms with Crippen molar-refractivity contribution in [3.8, 4) is 0 Å². The molecule has 0 fully saturated rings. The van der Waals surface area contributed by atoms with Crippen molar-refractivity contribution in [1.29, 1.82) is 0 Å². The number of hydrogen-bond donors (Lipinski definition) is 2. The number of nitrogens with zero attached hydrogens (tertiary/aromatic N) is 1. The molecular weight excluding hydrogens is 212 g/mol. The van der Waals surface area contributed by atoms with Gasteiger partial charge in [0, 0.05) is 11.6 Å². The van der Waals surface area contributed by atoms with Crippen LogP contribution in [0.3, 0.4) is 0 Å². The van der Waals surface area contributed by atoms with E-state index in [4.69, 9.17) is 5.73 Å². The van der Waals surface area contributed by atoms with Crippen molar-refractivity contribution in [2.24, 2.45) is 10.7 Å². The first-order valence-corrected chi connectivity index (χ1v) is 4.99. The van der Waals surface area contributed by atoms with E-state index in [1.54, 1.807) is 0 Å². The van der Waals surface area contributed by atoms with Crippen LogP contribution in [0, 0.1) is 11.6 Å². The van der Waals surface area contributed by atoms with Crippen LogP contribution in [0.2, 0.25) is 0 Å². The Kier molecular flexibility index (Phi) is 4.22. The van der Waals surface area contributed by atoms with E-state index in [2.05, 4.69) is 10.3 Å². The first-order valence-electron chi connectivity index (χ1n) is 4.99. The lowest BCUT2D eigenvalue weighted by Gasteiger charge is -2.08. The Labute approximate surface area is 93.4 Å². The fourth-order valence-electron chi connectivity index (χ4n) is 1.18. The van der Waals surface area contributed by atoms with Crippen molar-refractivity contribution in [3.05, 3.63) is 35.4 Å². The summed E-state index contributed by atoms with van der Waals surface area (Å²) < 4.78 is 26.0. The van der Waals surface area contributed by atoms with Gasteiger partial charge in [0.05, 0.1) is 6.54 Å². The van der Waals surface area contributed by atoms with E-state index in [-0.39, 0.29) is 24.1 Å². The molecule has 5 heteroatoms. The summed E-state index contributed by atoms with van der Waals surface area (Å²) in [5, 5.41) is 2.86. The minimum Gasteiger partial charge on any atom is -0.370 e. The molecule has 1 aromatic rings. The van der Waals surface area contributed by atoms with Crippen LogP contribution < -0.4 is 11.1 Å². The molecule has 1 aromatic carbocycles. The number of aliphatic imine (C=N–C) groups is 1. The number of hydrogen-bond acceptors (Lipinski definition) is 1. The second kappa shape index (κ2) is 5.44. The van der Waals surface area contributed by atoms with Crippen LogP contribution >= 0.6 is 0 Å². The van der Waals surface area contributed by atoms with Gasteiger partial charge in [-0.05, 0) is 32.0 Å². The molecule has 0 aliphatic rings. The fourth-order valence-corrected chi connectivity index (χ4v) is 1.18. The van der Waals surface area contributed by atoms with Crippen LogP contribution in [-0.4, -0.2) is 12.0 Å². The monoisotopic (exact) mass is 227 g/mol. The molecule has 0 unspecified atom stereocenters. The van der Waals surface area contributed by atoms with Gasteiger partial charge in [-0.1, -0.05) is 0 Å². The molecule has 0 heterocycles. The normalized spacial score (nSPS) is 11.9. The minimum atomic E-state index is -0.484. The fraction of sp³-hybridized carbons (Fsp3) is 0.364. The number of rotatable bonds is 3. The molecule has 0 aromatic heterocycles. The standard InChI is InChI=1S/C11H15F2N3/c1-7(2)16-11(14)15-6-8-5-9(12)3-4-10(8)13/h3-5,7H,6H2,1-2H3,(H3,14,15,16). The highest BCUT2D eigenvalue weighted by atomic mass is 19.1. The first-order chi connectivity index (χ1) is 7.49. The third-order valence-electron chi connectivity index (χ3n) is 1.86. The predicted molar refractivity (Wildman–Crippen MR) is 60.0 cm³/mol. The van der Waals surface area contributed by atoms with Crippen molar-refractivity contribution in [2.45, 2.75) is 26.4 Å². The van der Waals surface area contributed by atoms with Gasteiger partial charge in [0.1, 0.15) is 11.6 Å². The minimum absolute atomic E-state index is 0.0230. The Hall–Kier alpha value is -1.65. The van der Waals surface area contributed by atoms with Gasteiger partial charge in [-0.2, -0.15) is 0 Å². The van der Waals surface area contributed by atoms with Gasteiger partial charge >= 0.3 is 0 Å². The molecule has 0 amide bonds. The van der Waals surface area contributed by atoms with E-state index in [0.717, 1.165) is 18.2 Å². The first kappa shape index (κ1) is 12.4. The maximum atomic E-state index is 13.2. The summed E-state index contributed by atoms with van der Waals surface area (Å²) in [6, 6.07) is 3.41. The summed E-state index contributed by atoms with van der Waals surface area (Å²) >= 11 is 0. The highest BCUT2D eigenvalue weighted by Crippen LogP contribution is 2.10. The lowest BCUT2D eigenvalue weighted by atomic mass is 10.2.